The van der Waals surface area contributed by atoms with E-state index in [1.807, 2.05) is 83.4 Å². The quantitative estimate of drug-likeness (QED) is 0.177. The Balaban J connectivity index is 1.97. The van der Waals surface area contributed by atoms with Crippen LogP contribution in [0.2, 0.25) is 0 Å². The van der Waals surface area contributed by atoms with Crippen LogP contribution < -0.4 is 15.9 Å². The molecule has 38 heavy (non-hydrogen) atoms. The largest absolute Gasteiger partial charge is 0.294 e. The molecule has 0 amide bonds. The molecular formula is C34H32NO2P. The van der Waals surface area contributed by atoms with Crippen molar-refractivity contribution in [2.75, 3.05) is 0 Å². The standard InChI is InChI=1S/C34H32NO2P/c1-3-4-17-28-25-27-16-14-15-24-32(27)35(28)34(37)33(26(2)36)38(29-18-8-5-9-19-29,30-20-10-6-11-21-30)31-22-12-7-13-23-31/h5-16,18-25H,3-4,17H2,1-2H3. The normalized spacial score (nSPS) is 11.4. The van der Waals surface area contributed by atoms with Crippen LogP contribution in [0.5, 0.6) is 0 Å². The number of ketones is 1. The van der Waals surface area contributed by atoms with E-state index in [1.165, 1.54) is 0 Å². The molecule has 0 spiro atoms. The van der Waals surface area contributed by atoms with E-state index >= 15 is 0 Å². The van der Waals surface area contributed by atoms with Gasteiger partial charge in [-0.15, -0.1) is 0 Å². The van der Waals surface area contributed by atoms with E-state index in [1.54, 1.807) is 6.92 Å². The van der Waals surface area contributed by atoms with Crippen LogP contribution in [0.25, 0.3) is 10.9 Å². The maximum absolute atomic E-state index is 14.9. The second-order valence-electron chi connectivity index (χ2n) is 9.52. The monoisotopic (exact) mass is 517 g/mol. The number of Topliss-reactive ketones (excluding diaryl/α,β-unsaturated/α-hetero) is 1. The fourth-order valence-electron chi connectivity index (χ4n) is 5.42. The Hall–Kier alpha value is -3.94. The summed E-state index contributed by atoms with van der Waals surface area (Å²) in [6.45, 7) is 0.858. The van der Waals surface area contributed by atoms with Crippen LogP contribution in [-0.4, -0.2) is 21.6 Å². The van der Waals surface area contributed by atoms with Gasteiger partial charge in [-0.1, -0.05) is 123 Å². The van der Waals surface area contributed by atoms with Crippen molar-refractivity contribution in [1.29, 1.82) is 0 Å². The highest BCUT2D eigenvalue weighted by Gasteiger charge is 2.36. The summed E-state index contributed by atoms with van der Waals surface area (Å²) in [6, 6.07) is 40.4. The van der Waals surface area contributed by atoms with Gasteiger partial charge in [-0.3, -0.25) is 14.2 Å². The van der Waals surface area contributed by atoms with Gasteiger partial charge in [0.2, 0.25) is 0 Å². The number of aromatic nitrogens is 1. The first-order valence-electron chi connectivity index (χ1n) is 13.2. The fraction of sp³-hybridized carbons (Fsp3) is 0.147. The second-order valence-corrected chi connectivity index (χ2v) is 12.9. The summed E-state index contributed by atoms with van der Waals surface area (Å²) in [7, 11) is 0. The lowest BCUT2D eigenvalue weighted by atomic mass is 10.2. The molecule has 3 nitrogen and oxygen atoms in total. The van der Waals surface area contributed by atoms with E-state index in [9.17, 15) is 9.59 Å². The Morgan fingerprint density at radius 2 is 1.16 bits per heavy atom. The molecule has 5 aromatic rings. The van der Waals surface area contributed by atoms with Crippen molar-refractivity contribution in [3.63, 3.8) is 0 Å². The van der Waals surface area contributed by atoms with Crippen molar-refractivity contribution >= 4 is 50.7 Å². The molecule has 0 saturated heterocycles. The summed E-state index contributed by atoms with van der Waals surface area (Å²) in [6.07, 6.45) is 2.76. The summed E-state index contributed by atoms with van der Waals surface area (Å²) in [4.78, 5) is 28.8. The Morgan fingerprint density at radius 1 is 0.684 bits per heavy atom. The molecule has 0 aliphatic rings. The predicted octanol–water partition coefficient (Wildman–Crippen LogP) is 6.38. The molecule has 0 atom stereocenters. The maximum Gasteiger partial charge on any atom is 0.267 e. The molecule has 4 heteroatoms. The van der Waals surface area contributed by atoms with Gasteiger partial charge in [-0.05, 0) is 54.7 Å². The molecule has 1 aromatic heterocycles. The van der Waals surface area contributed by atoms with Crippen LogP contribution in [0, 0.1) is 0 Å². The van der Waals surface area contributed by atoms with Crippen molar-refractivity contribution < 1.29 is 9.59 Å². The average molecular weight is 518 g/mol. The van der Waals surface area contributed by atoms with Gasteiger partial charge in [0.1, 0.15) is 0 Å². The lowest BCUT2D eigenvalue weighted by molar-refractivity contribution is -0.110. The molecule has 0 N–H and O–H groups in total. The van der Waals surface area contributed by atoms with Crippen LogP contribution >= 0.6 is 6.89 Å². The zero-order valence-corrected chi connectivity index (χ0v) is 22.8. The fourth-order valence-corrected chi connectivity index (χ4v) is 9.81. The number of aryl methyl sites for hydroxylation is 1. The number of rotatable bonds is 8. The van der Waals surface area contributed by atoms with Crippen molar-refractivity contribution in [3.8, 4) is 0 Å². The molecule has 0 radical (unpaired) electrons. The molecule has 0 fully saturated rings. The third-order valence-corrected chi connectivity index (χ3v) is 11.5. The van der Waals surface area contributed by atoms with Gasteiger partial charge in [0.05, 0.1) is 10.8 Å². The highest BCUT2D eigenvalue weighted by molar-refractivity contribution is 7.97. The number of nitrogens with zero attached hydrogens (tertiary/aromatic N) is 1. The van der Waals surface area contributed by atoms with E-state index < -0.39 is 6.89 Å². The first kappa shape index (κ1) is 25.7. The number of hydrogen-bond acceptors (Lipinski definition) is 2. The molecule has 0 bridgehead atoms. The number of fused-ring (bicyclic) bond motifs is 1. The minimum Gasteiger partial charge on any atom is -0.294 e. The van der Waals surface area contributed by atoms with Gasteiger partial charge < -0.3 is 0 Å². The van der Waals surface area contributed by atoms with Gasteiger partial charge >= 0.3 is 0 Å². The van der Waals surface area contributed by atoms with Gasteiger partial charge in [0.15, 0.2) is 5.78 Å². The van der Waals surface area contributed by atoms with Gasteiger partial charge in [0.25, 0.3) is 5.91 Å². The summed E-state index contributed by atoms with van der Waals surface area (Å²) in [5, 5.41) is 4.32. The number of hydrogen-bond donors (Lipinski definition) is 0. The van der Waals surface area contributed by atoms with Gasteiger partial charge in [-0.2, -0.15) is 0 Å². The van der Waals surface area contributed by atoms with Crippen molar-refractivity contribution in [2.24, 2.45) is 0 Å². The van der Waals surface area contributed by atoms with Crippen molar-refractivity contribution in [2.45, 2.75) is 33.1 Å². The van der Waals surface area contributed by atoms with Crippen LogP contribution in [0.15, 0.2) is 121 Å². The summed E-state index contributed by atoms with van der Waals surface area (Å²) in [5.41, 5.74) is 1.79. The summed E-state index contributed by atoms with van der Waals surface area (Å²) in [5.74, 6) is -0.422. The lowest BCUT2D eigenvalue weighted by Gasteiger charge is -2.31. The maximum atomic E-state index is 14.9. The number of carbonyl (C=O) groups excluding carboxylic acids is 2. The van der Waals surface area contributed by atoms with Crippen LogP contribution in [0.3, 0.4) is 0 Å². The molecular weight excluding hydrogens is 485 g/mol. The smallest absolute Gasteiger partial charge is 0.267 e. The van der Waals surface area contributed by atoms with Crippen molar-refractivity contribution in [1.82, 2.24) is 4.57 Å². The topological polar surface area (TPSA) is 39.1 Å². The highest BCUT2D eigenvalue weighted by Crippen LogP contribution is 2.47. The summed E-state index contributed by atoms with van der Waals surface area (Å²) >= 11 is 0. The van der Waals surface area contributed by atoms with E-state index in [2.05, 4.69) is 49.4 Å². The minimum absolute atomic E-state index is 0.195. The van der Waals surface area contributed by atoms with E-state index in [-0.39, 0.29) is 11.7 Å². The zero-order valence-electron chi connectivity index (χ0n) is 21.9. The number of carbonyl (C=O) groups is 2. The number of benzene rings is 4. The lowest BCUT2D eigenvalue weighted by Crippen LogP contribution is -2.39. The third kappa shape index (κ3) is 4.48. The predicted molar refractivity (Wildman–Crippen MR) is 162 cm³/mol. The number of para-hydroxylation sites is 1. The van der Waals surface area contributed by atoms with E-state index in [4.69, 9.17) is 0 Å². The van der Waals surface area contributed by atoms with Gasteiger partial charge in [0, 0.05) is 11.1 Å². The number of unbranched alkanes of at least 4 members (excludes halogenated alkanes) is 1. The molecule has 0 aliphatic carbocycles. The Bertz CT molecular complexity index is 1530. The molecule has 0 saturated carbocycles. The molecule has 190 valence electrons. The minimum atomic E-state index is -2.84. The first-order chi connectivity index (χ1) is 18.6. The van der Waals surface area contributed by atoms with E-state index in [0.717, 1.165) is 51.8 Å². The van der Waals surface area contributed by atoms with Crippen molar-refractivity contribution in [3.05, 3.63) is 127 Å². The third-order valence-electron chi connectivity index (χ3n) is 7.08. The Labute approximate surface area is 224 Å². The summed E-state index contributed by atoms with van der Waals surface area (Å²) < 4.78 is 1.81. The van der Waals surface area contributed by atoms with Crippen LogP contribution in [0.4, 0.5) is 0 Å². The van der Waals surface area contributed by atoms with E-state index in [0.29, 0.717) is 5.29 Å². The molecule has 0 aliphatic heterocycles. The molecule has 5 rings (SSSR count). The Kier molecular flexibility index (Phi) is 7.58. The molecule has 4 aromatic carbocycles. The van der Waals surface area contributed by atoms with Crippen LogP contribution in [-0.2, 0) is 11.2 Å². The molecule has 0 unspecified atom stereocenters. The Morgan fingerprint density at radius 3 is 1.63 bits per heavy atom. The molecule has 1 heterocycles. The highest BCUT2D eigenvalue weighted by atomic mass is 31.2. The first-order valence-corrected chi connectivity index (χ1v) is 15.0. The zero-order chi connectivity index (χ0) is 26.5. The second kappa shape index (κ2) is 11.2. The SMILES string of the molecule is CCCCc1cc2ccccc2n1C(=O)C(C(C)=O)=P(c1ccccc1)(c1ccccc1)c1ccccc1. The van der Waals surface area contributed by atoms with Gasteiger partial charge in [-0.25, -0.2) is 0 Å². The van der Waals surface area contributed by atoms with Crippen LogP contribution in [0.1, 0.15) is 37.2 Å². The average Bonchev–Trinajstić information content (AvgIpc) is 3.34.